The minimum atomic E-state index is -3.63. The highest BCUT2D eigenvalue weighted by Crippen LogP contribution is 2.22. The van der Waals surface area contributed by atoms with Crippen LogP contribution in [0.25, 0.3) is 0 Å². The van der Waals surface area contributed by atoms with Gasteiger partial charge in [0, 0.05) is 17.5 Å². The van der Waals surface area contributed by atoms with Crippen LogP contribution in [0.4, 0.5) is 0 Å². The lowest BCUT2D eigenvalue weighted by Gasteiger charge is -2.05. The van der Waals surface area contributed by atoms with Crippen LogP contribution in [0.5, 0.6) is 0 Å². The monoisotopic (exact) mass is 315 g/mol. The van der Waals surface area contributed by atoms with E-state index in [1.54, 1.807) is 6.92 Å². The summed E-state index contributed by atoms with van der Waals surface area (Å²) in [6, 6.07) is 3.36. The standard InChI is InChI=1S/C13H17NO4S2/c1-3-10-4-5-19-12(10)7-14-20(16,17)13-6-11(8-15)18-9(13)2/h4-6,14-15H,3,7-8H2,1-2H3. The van der Waals surface area contributed by atoms with Crippen LogP contribution in [0.15, 0.2) is 26.8 Å². The smallest absolute Gasteiger partial charge is 0.244 e. The lowest BCUT2D eigenvalue weighted by Crippen LogP contribution is -2.23. The molecule has 0 aromatic carbocycles. The molecular weight excluding hydrogens is 298 g/mol. The van der Waals surface area contributed by atoms with Crippen molar-refractivity contribution in [3.63, 3.8) is 0 Å². The van der Waals surface area contributed by atoms with E-state index in [0.717, 1.165) is 16.9 Å². The summed E-state index contributed by atoms with van der Waals surface area (Å²) in [5.41, 5.74) is 1.15. The van der Waals surface area contributed by atoms with E-state index in [0.29, 0.717) is 0 Å². The first-order chi connectivity index (χ1) is 9.47. The highest BCUT2D eigenvalue weighted by atomic mass is 32.2. The predicted octanol–water partition coefficient (Wildman–Crippen LogP) is 2.18. The number of aliphatic hydroxyl groups is 1. The van der Waals surface area contributed by atoms with Crippen molar-refractivity contribution in [3.8, 4) is 0 Å². The Hall–Kier alpha value is -1.15. The van der Waals surface area contributed by atoms with Crippen molar-refractivity contribution in [2.45, 2.75) is 38.3 Å². The summed E-state index contributed by atoms with van der Waals surface area (Å²) in [5.74, 6) is 0.525. The van der Waals surface area contributed by atoms with E-state index in [1.165, 1.54) is 17.4 Å². The molecule has 2 N–H and O–H groups in total. The summed E-state index contributed by atoms with van der Waals surface area (Å²) in [4.78, 5) is 1.09. The Morgan fingerprint density at radius 3 is 2.80 bits per heavy atom. The molecule has 5 nitrogen and oxygen atoms in total. The Morgan fingerprint density at radius 2 is 2.20 bits per heavy atom. The molecule has 20 heavy (non-hydrogen) atoms. The van der Waals surface area contributed by atoms with Crippen LogP contribution in [-0.2, 0) is 29.6 Å². The van der Waals surface area contributed by atoms with Gasteiger partial charge in [-0.2, -0.15) is 0 Å². The third-order valence-electron chi connectivity index (χ3n) is 3.01. The van der Waals surface area contributed by atoms with Gasteiger partial charge in [0.2, 0.25) is 10.0 Å². The first-order valence-corrected chi connectivity index (χ1v) is 8.59. The maximum Gasteiger partial charge on any atom is 0.244 e. The van der Waals surface area contributed by atoms with Gasteiger partial charge in [-0.3, -0.25) is 0 Å². The number of thiophene rings is 1. The van der Waals surface area contributed by atoms with Crippen LogP contribution in [0, 0.1) is 6.92 Å². The van der Waals surface area contributed by atoms with E-state index in [2.05, 4.69) is 4.72 Å². The maximum absolute atomic E-state index is 12.2. The van der Waals surface area contributed by atoms with Gasteiger partial charge in [0.1, 0.15) is 23.0 Å². The van der Waals surface area contributed by atoms with Gasteiger partial charge >= 0.3 is 0 Å². The fraction of sp³-hybridized carbons (Fsp3) is 0.385. The molecule has 2 rings (SSSR count). The van der Waals surface area contributed by atoms with Crippen LogP contribution in [0.2, 0.25) is 0 Å². The first-order valence-electron chi connectivity index (χ1n) is 6.23. The van der Waals surface area contributed by atoms with E-state index < -0.39 is 10.0 Å². The third kappa shape index (κ3) is 3.12. The highest BCUT2D eigenvalue weighted by molar-refractivity contribution is 7.89. The predicted molar refractivity (Wildman–Crippen MR) is 77.1 cm³/mol. The van der Waals surface area contributed by atoms with E-state index in [-0.39, 0.29) is 29.6 Å². The topological polar surface area (TPSA) is 79.5 Å². The summed E-state index contributed by atoms with van der Waals surface area (Å²) in [6.07, 6.45) is 0.875. The number of aliphatic hydroxyl groups excluding tert-OH is 1. The summed E-state index contributed by atoms with van der Waals surface area (Å²) in [7, 11) is -3.63. The number of rotatable bonds is 6. The van der Waals surface area contributed by atoms with Crippen molar-refractivity contribution in [3.05, 3.63) is 39.5 Å². The van der Waals surface area contributed by atoms with Gasteiger partial charge in [0.05, 0.1) is 0 Å². The fourth-order valence-corrected chi connectivity index (χ4v) is 4.15. The van der Waals surface area contributed by atoms with E-state index >= 15 is 0 Å². The van der Waals surface area contributed by atoms with Crippen LogP contribution in [0.1, 0.15) is 28.9 Å². The maximum atomic E-state index is 12.2. The Kier molecular flexibility index (Phi) is 4.64. The second kappa shape index (κ2) is 6.09. The van der Waals surface area contributed by atoms with Crippen molar-refractivity contribution in [2.24, 2.45) is 0 Å². The van der Waals surface area contributed by atoms with E-state index in [4.69, 9.17) is 9.52 Å². The zero-order chi connectivity index (χ0) is 14.8. The molecule has 0 amide bonds. The first kappa shape index (κ1) is 15.2. The van der Waals surface area contributed by atoms with E-state index in [1.807, 2.05) is 18.4 Å². The number of hydrogen-bond acceptors (Lipinski definition) is 5. The second-order valence-corrected chi connectivity index (χ2v) is 7.07. The Labute approximate surface area is 122 Å². The van der Waals surface area contributed by atoms with Gasteiger partial charge in [0.15, 0.2) is 0 Å². The molecule has 110 valence electrons. The molecule has 0 radical (unpaired) electrons. The number of sulfonamides is 1. The number of furan rings is 1. The molecule has 0 atom stereocenters. The molecule has 0 saturated carbocycles. The van der Waals surface area contributed by atoms with Crippen LogP contribution >= 0.6 is 11.3 Å². The largest absolute Gasteiger partial charge is 0.462 e. The summed E-state index contributed by atoms with van der Waals surface area (Å²) in [5, 5.41) is 10.9. The molecule has 2 heterocycles. The molecule has 0 unspecified atom stereocenters. The van der Waals surface area contributed by atoms with Crippen LogP contribution < -0.4 is 4.72 Å². The molecule has 0 fully saturated rings. The molecule has 2 aromatic rings. The summed E-state index contributed by atoms with van der Waals surface area (Å²) in [6.45, 7) is 3.55. The molecule has 0 saturated heterocycles. The number of aryl methyl sites for hydroxylation is 2. The highest BCUT2D eigenvalue weighted by Gasteiger charge is 2.21. The van der Waals surface area contributed by atoms with Gasteiger partial charge in [0.25, 0.3) is 0 Å². The lowest BCUT2D eigenvalue weighted by atomic mass is 10.2. The quantitative estimate of drug-likeness (QED) is 0.856. The van der Waals surface area contributed by atoms with Crippen LogP contribution in [-0.4, -0.2) is 13.5 Å². The third-order valence-corrected chi connectivity index (χ3v) is 5.48. The molecule has 0 aliphatic heterocycles. The Bertz CT molecular complexity index is 685. The Balaban J connectivity index is 2.17. The summed E-state index contributed by atoms with van der Waals surface area (Å²) < 4.78 is 32.2. The van der Waals surface area contributed by atoms with Crippen molar-refractivity contribution < 1.29 is 17.9 Å². The Morgan fingerprint density at radius 1 is 1.45 bits per heavy atom. The average Bonchev–Trinajstić information content (AvgIpc) is 3.02. The molecule has 0 spiro atoms. The zero-order valence-electron chi connectivity index (χ0n) is 11.3. The minimum absolute atomic E-state index is 0.0798. The lowest BCUT2D eigenvalue weighted by molar-refractivity contribution is 0.244. The molecular formula is C13H17NO4S2. The van der Waals surface area contributed by atoms with Crippen LogP contribution in [0.3, 0.4) is 0 Å². The molecule has 0 aliphatic rings. The van der Waals surface area contributed by atoms with Crippen molar-refractivity contribution in [2.75, 3.05) is 0 Å². The second-order valence-electron chi connectivity index (χ2n) is 4.34. The van der Waals surface area contributed by atoms with Gasteiger partial charge in [-0.05, 0) is 30.4 Å². The molecule has 2 aromatic heterocycles. The molecule has 0 aliphatic carbocycles. The van der Waals surface area contributed by atoms with Crippen molar-refractivity contribution >= 4 is 21.4 Å². The van der Waals surface area contributed by atoms with Gasteiger partial charge in [-0.15, -0.1) is 11.3 Å². The van der Waals surface area contributed by atoms with Gasteiger partial charge in [-0.1, -0.05) is 6.92 Å². The van der Waals surface area contributed by atoms with Gasteiger partial charge in [-0.25, -0.2) is 13.1 Å². The summed E-state index contributed by atoms with van der Waals surface area (Å²) >= 11 is 1.53. The van der Waals surface area contributed by atoms with Crippen molar-refractivity contribution in [1.29, 1.82) is 0 Å². The molecule has 0 bridgehead atoms. The SMILES string of the molecule is CCc1ccsc1CNS(=O)(=O)c1cc(CO)oc1C. The number of nitrogens with one attached hydrogen (secondary N) is 1. The minimum Gasteiger partial charge on any atom is -0.462 e. The number of hydrogen-bond donors (Lipinski definition) is 2. The average molecular weight is 315 g/mol. The fourth-order valence-electron chi connectivity index (χ4n) is 1.94. The van der Waals surface area contributed by atoms with E-state index in [9.17, 15) is 8.42 Å². The molecule has 7 heteroatoms. The van der Waals surface area contributed by atoms with Crippen molar-refractivity contribution in [1.82, 2.24) is 4.72 Å². The normalized spacial score (nSPS) is 11.9. The zero-order valence-corrected chi connectivity index (χ0v) is 13.0. The van der Waals surface area contributed by atoms with Gasteiger partial charge < -0.3 is 9.52 Å².